The molecule has 0 fully saturated rings. The number of aryl methyl sites for hydroxylation is 3. The molecule has 6 aromatic rings. The molecule has 11 nitrogen and oxygen atoms in total. The summed E-state index contributed by atoms with van der Waals surface area (Å²) < 4.78 is 0. The van der Waals surface area contributed by atoms with E-state index in [1.807, 2.05) is 44.2 Å². The highest BCUT2D eigenvalue weighted by atomic mass is 35.5. The molecule has 0 bridgehead atoms. The number of aromatic amines is 2. The average molecular weight is 970 g/mol. The van der Waals surface area contributed by atoms with E-state index in [9.17, 15) is 9.59 Å². The number of amides is 2. The van der Waals surface area contributed by atoms with E-state index in [1.54, 1.807) is 17.4 Å². The Morgan fingerprint density at radius 1 is 0.843 bits per heavy atom. The average Bonchev–Trinajstić information content (AvgIpc) is 4.01. The highest BCUT2D eigenvalue weighted by Gasteiger charge is 2.25. The molecule has 0 saturated carbocycles. The van der Waals surface area contributed by atoms with Crippen LogP contribution in [0.5, 0.6) is 0 Å². The van der Waals surface area contributed by atoms with Crippen molar-refractivity contribution in [3.63, 3.8) is 0 Å². The fourth-order valence-corrected chi connectivity index (χ4v) is 7.51. The number of hydrogen-bond acceptors (Lipinski definition) is 7. The summed E-state index contributed by atoms with van der Waals surface area (Å²) in [6.45, 7) is 25.6. The highest BCUT2D eigenvalue weighted by molar-refractivity contribution is 6.32. The number of rotatable bonds is 15. The Kier molecular flexibility index (Phi) is 32.1. The van der Waals surface area contributed by atoms with Crippen LogP contribution in [-0.2, 0) is 35.4 Å². The number of carbonyl (C=O) groups excluding carboxylic acids is 2. The van der Waals surface area contributed by atoms with Gasteiger partial charge in [0.05, 0.1) is 23.6 Å². The minimum atomic E-state index is -0.287. The van der Waals surface area contributed by atoms with E-state index in [-0.39, 0.29) is 6.04 Å². The van der Waals surface area contributed by atoms with Crippen molar-refractivity contribution in [3.8, 4) is 60.9 Å². The van der Waals surface area contributed by atoms with Crippen LogP contribution in [0.4, 0.5) is 0 Å². The number of benzene rings is 4. The number of nitrogens with one attached hydrogen (secondary N) is 4. The van der Waals surface area contributed by atoms with Gasteiger partial charge in [0.15, 0.2) is 0 Å². The van der Waals surface area contributed by atoms with E-state index >= 15 is 0 Å². The summed E-state index contributed by atoms with van der Waals surface area (Å²) in [6.07, 6.45) is 34.0. The van der Waals surface area contributed by atoms with Gasteiger partial charge >= 0.3 is 0 Å². The molecular weight excluding hydrogens is 892 g/mol. The van der Waals surface area contributed by atoms with Crippen LogP contribution in [0.3, 0.4) is 0 Å². The number of terminal acetylenes is 3. The number of aromatic nitrogens is 4. The maximum Gasteiger partial charge on any atom is 0.210 e. The summed E-state index contributed by atoms with van der Waals surface area (Å²) in [4.78, 5) is 42.0. The number of halogens is 1. The molecule has 1 aliphatic rings. The molecule has 0 spiro atoms. The lowest BCUT2D eigenvalue weighted by molar-refractivity contribution is -0.118. The predicted octanol–water partition coefficient (Wildman–Crippen LogP) is 12.9. The van der Waals surface area contributed by atoms with Crippen molar-refractivity contribution in [2.45, 2.75) is 119 Å². The largest absolute Gasteiger partial charge is 0.366 e. The number of nitrogens with zero attached hydrogens (tertiary/aromatic N) is 4. The van der Waals surface area contributed by atoms with Crippen molar-refractivity contribution >= 4 is 46.2 Å². The first-order valence-corrected chi connectivity index (χ1v) is 24.0. The van der Waals surface area contributed by atoms with Gasteiger partial charge in [0.2, 0.25) is 12.8 Å². The van der Waals surface area contributed by atoms with Crippen molar-refractivity contribution in [2.24, 2.45) is 0 Å². The van der Waals surface area contributed by atoms with Gasteiger partial charge < -0.3 is 25.1 Å². The molecule has 7 rings (SSSR count). The number of H-pyrrole nitrogens is 2. The Hall–Kier alpha value is -7.23. The lowest BCUT2D eigenvalue weighted by Crippen LogP contribution is -2.34. The second-order valence-corrected chi connectivity index (χ2v) is 16.2. The highest BCUT2D eigenvalue weighted by Crippen LogP contribution is 2.40. The van der Waals surface area contributed by atoms with Gasteiger partial charge in [0, 0.05) is 48.9 Å². The summed E-state index contributed by atoms with van der Waals surface area (Å²) in [5.74, 6) is 1.78. The molecular formula is C58H77ClN8O3. The maximum absolute atomic E-state index is 11.9. The Morgan fingerprint density at radius 3 is 1.96 bits per heavy atom. The molecule has 0 saturated heterocycles. The van der Waals surface area contributed by atoms with E-state index < -0.39 is 0 Å². The summed E-state index contributed by atoms with van der Waals surface area (Å²) in [6, 6.07) is 25.6. The summed E-state index contributed by atoms with van der Waals surface area (Å²) in [5, 5.41) is 13.1. The van der Waals surface area contributed by atoms with E-state index in [0.717, 1.165) is 96.7 Å². The summed E-state index contributed by atoms with van der Waals surface area (Å²) in [7, 11) is 1.79. The zero-order valence-corrected chi connectivity index (χ0v) is 43.7. The molecule has 0 radical (unpaired) electrons. The molecule has 2 heterocycles. The van der Waals surface area contributed by atoms with Crippen molar-refractivity contribution in [3.05, 3.63) is 131 Å². The Balaban J connectivity index is 0.00000176. The van der Waals surface area contributed by atoms with Crippen LogP contribution < -0.4 is 10.8 Å². The standard InChI is InChI=1S/C39H39ClN6O.C5H11NO.2C3H8.C2H5NO.3C2H2/c1-5-18-46(24(3)38(45(4)23-47)25-10-8-7-9-11-25)22-35-43-36(39(40)44-35)29-14-16-30-26(19-29)12-13-27-21-32-28(20-31(27)30)15-17-33-37(32)42-34(6-2)41-33;1-3-5(2)6-4-7;2*1-3-2;1-2-3-4;3*1-2/h7-11,14-17,19-21,23,38H,3,5-6,12-13,18,22H2,1-2,4H3,(H,41,42)(H,43,44);4-5H,3H2,1-2H3,(H,6,7);2*3H2,1-2H3;2-4H,1H2;3*1-2H/t;5-;;;;;;/m.0....../s1. The first kappa shape index (κ1) is 62.8. The van der Waals surface area contributed by atoms with E-state index in [1.165, 1.54) is 52.1 Å². The molecule has 2 amide bonds. The van der Waals surface area contributed by atoms with Gasteiger partial charge in [0.1, 0.15) is 22.5 Å². The number of hydroxylamine groups is 1. The SMILES string of the molecule is C#C.C#C.C#C.C=C(C(c1ccccc1)N(C)C=O)N(CCC)Cc1nc(-c2ccc3c(c2)CCc2cc4c(ccc5[nH]c(CC)nc54)cc2-3)c(Cl)[nH]1.C=CNO.CCC.CCC.CC[C@H](C)NC=O. The fraction of sp³-hybridized carbons (Fsp3) is 0.345. The third kappa shape index (κ3) is 18.4. The second-order valence-electron chi connectivity index (χ2n) is 15.8. The molecule has 4 aromatic carbocycles. The summed E-state index contributed by atoms with van der Waals surface area (Å²) >= 11 is 6.82. The molecule has 2 aromatic heterocycles. The van der Waals surface area contributed by atoms with E-state index in [0.29, 0.717) is 17.7 Å². The summed E-state index contributed by atoms with van der Waals surface area (Å²) in [5.41, 5.74) is 12.6. The normalized spacial score (nSPS) is 10.9. The van der Waals surface area contributed by atoms with Gasteiger partial charge in [-0.25, -0.2) is 9.97 Å². The first-order chi connectivity index (χ1) is 33.9. The quantitative estimate of drug-likeness (QED) is 0.0392. The van der Waals surface area contributed by atoms with Gasteiger partial charge in [-0.15, -0.1) is 38.5 Å². The van der Waals surface area contributed by atoms with Gasteiger partial charge in [-0.1, -0.05) is 135 Å². The van der Waals surface area contributed by atoms with Crippen LogP contribution in [-0.4, -0.2) is 67.4 Å². The lowest BCUT2D eigenvalue weighted by Gasteiger charge is -2.35. The van der Waals surface area contributed by atoms with Crippen molar-refractivity contribution in [2.75, 3.05) is 13.6 Å². The second kappa shape index (κ2) is 35.8. The van der Waals surface area contributed by atoms with Crippen LogP contribution in [0.25, 0.3) is 44.2 Å². The van der Waals surface area contributed by atoms with Gasteiger partial charge in [-0.3, -0.25) is 20.3 Å². The van der Waals surface area contributed by atoms with E-state index in [2.05, 4.69) is 156 Å². The smallest absolute Gasteiger partial charge is 0.210 e. The molecule has 2 atom stereocenters. The topological polar surface area (TPSA) is 142 Å². The minimum absolute atomic E-state index is 0.287. The molecule has 1 aliphatic carbocycles. The molecule has 374 valence electrons. The van der Waals surface area contributed by atoms with Gasteiger partial charge in [0.25, 0.3) is 0 Å². The molecule has 1 unspecified atom stereocenters. The number of hydrogen-bond donors (Lipinski definition) is 5. The van der Waals surface area contributed by atoms with Crippen LogP contribution in [0.1, 0.15) is 115 Å². The third-order valence-corrected chi connectivity index (χ3v) is 10.7. The molecule has 12 heteroatoms. The Labute approximate surface area is 424 Å². The number of likely N-dealkylation sites (N-methyl/N-ethyl adjacent to an activating group) is 1. The van der Waals surface area contributed by atoms with Crippen LogP contribution >= 0.6 is 11.6 Å². The zero-order chi connectivity index (χ0) is 53.2. The maximum atomic E-state index is 11.9. The molecule has 5 N–H and O–H groups in total. The molecule has 70 heavy (non-hydrogen) atoms. The van der Waals surface area contributed by atoms with E-state index in [4.69, 9.17) is 26.8 Å². The number of carbonyl (C=O) groups is 2. The molecule has 0 aliphatic heterocycles. The zero-order valence-electron chi connectivity index (χ0n) is 43.0. The van der Waals surface area contributed by atoms with Gasteiger partial charge in [-0.05, 0) is 90.1 Å². The first-order valence-electron chi connectivity index (χ1n) is 23.6. The Morgan fingerprint density at radius 2 is 1.44 bits per heavy atom. The van der Waals surface area contributed by atoms with Crippen LogP contribution in [0.2, 0.25) is 5.15 Å². The number of imidazole rings is 2. The van der Waals surface area contributed by atoms with Crippen molar-refractivity contribution < 1.29 is 14.8 Å². The predicted molar refractivity (Wildman–Crippen MR) is 297 cm³/mol. The third-order valence-electron chi connectivity index (χ3n) is 10.4. The van der Waals surface area contributed by atoms with Crippen molar-refractivity contribution in [1.29, 1.82) is 0 Å². The van der Waals surface area contributed by atoms with Crippen molar-refractivity contribution in [1.82, 2.24) is 40.5 Å². The van der Waals surface area contributed by atoms with Crippen LogP contribution in [0.15, 0.2) is 97.9 Å². The monoisotopic (exact) mass is 969 g/mol. The van der Waals surface area contributed by atoms with Gasteiger partial charge in [-0.2, -0.15) is 0 Å². The fourth-order valence-electron chi connectivity index (χ4n) is 7.25. The lowest BCUT2D eigenvalue weighted by atomic mass is 9.83. The minimum Gasteiger partial charge on any atom is -0.366 e. The van der Waals surface area contributed by atoms with Crippen LogP contribution in [0, 0.1) is 38.5 Å². The Bertz CT molecular complexity index is 2500. The number of fused-ring (bicyclic) bond motifs is 6.